The van der Waals surface area contributed by atoms with Crippen molar-refractivity contribution >= 4 is 17.5 Å². The number of rotatable bonds is 5. The van der Waals surface area contributed by atoms with Crippen molar-refractivity contribution < 1.29 is 4.79 Å². The molecular formula is C15H23ClN2O. The Balaban J connectivity index is 2.41. The zero-order chi connectivity index (χ0) is 14.5. The highest BCUT2D eigenvalue weighted by atomic mass is 35.5. The third-order valence-electron chi connectivity index (χ3n) is 2.73. The van der Waals surface area contributed by atoms with Gasteiger partial charge >= 0.3 is 0 Å². The molecule has 0 aliphatic carbocycles. The number of benzene rings is 1. The molecule has 3 nitrogen and oxygen atoms in total. The van der Waals surface area contributed by atoms with E-state index in [2.05, 4.69) is 26.1 Å². The minimum Gasteiger partial charge on any atom is -0.341 e. The zero-order valence-corrected chi connectivity index (χ0v) is 12.9. The van der Waals surface area contributed by atoms with E-state index in [-0.39, 0.29) is 11.4 Å². The first-order chi connectivity index (χ1) is 8.78. The van der Waals surface area contributed by atoms with E-state index in [1.54, 1.807) is 4.90 Å². The summed E-state index contributed by atoms with van der Waals surface area (Å²) in [6.07, 6.45) is 0.508. The van der Waals surface area contributed by atoms with Crippen LogP contribution in [0.4, 0.5) is 0 Å². The van der Waals surface area contributed by atoms with Crippen LogP contribution in [0.25, 0.3) is 0 Å². The average Bonchev–Trinajstić information content (AvgIpc) is 2.27. The van der Waals surface area contributed by atoms with Gasteiger partial charge in [0.1, 0.15) is 0 Å². The molecule has 19 heavy (non-hydrogen) atoms. The van der Waals surface area contributed by atoms with E-state index in [1.807, 2.05) is 31.3 Å². The van der Waals surface area contributed by atoms with Crippen LogP contribution in [-0.2, 0) is 11.3 Å². The lowest BCUT2D eigenvalue weighted by Gasteiger charge is -2.22. The quantitative estimate of drug-likeness (QED) is 0.900. The number of carbonyl (C=O) groups excluding carboxylic acids is 1. The molecule has 1 N–H and O–H groups in total. The van der Waals surface area contributed by atoms with Gasteiger partial charge in [0.25, 0.3) is 0 Å². The summed E-state index contributed by atoms with van der Waals surface area (Å²) in [5.74, 6) is 0.136. The van der Waals surface area contributed by atoms with Crippen LogP contribution in [-0.4, -0.2) is 29.9 Å². The molecule has 106 valence electrons. The van der Waals surface area contributed by atoms with E-state index in [4.69, 9.17) is 11.6 Å². The molecule has 1 amide bonds. The van der Waals surface area contributed by atoms with Crippen LogP contribution in [0, 0.1) is 0 Å². The standard InChI is InChI=1S/C15H23ClN2O/c1-15(2,3)17-9-8-14(19)18(4)11-12-6-5-7-13(16)10-12/h5-7,10,17H,8-9,11H2,1-4H3. The van der Waals surface area contributed by atoms with E-state index in [0.29, 0.717) is 24.5 Å². The molecule has 0 saturated carbocycles. The molecule has 0 spiro atoms. The summed E-state index contributed by atoms with van der Waals surface area (Å²) >= 11 is 5.93. The first-order valence-corrected chi connectivity index (χ1v) is 6.89. The van der Waals surface area contributed by atoms with Crippen LogP contribution in [0.5, 0.6) is 0 Å². The summed E-state index contributed by atoms with van der Waals surface area (Å²) < 4.78 is 0. The van der Waals surface area contributed by atoms with Crippen LogP contribution in [0.15, 0.2) is 24.3 Å². The number of halogens is 1. The Kier molecular flexibility index (Phi) is 5.83. The molecule has 4 heteroatoms. The molecule has 0 saturated heterocycles. The Labute approximate surface area is 120 Å². The summed E-state index contributed by atoms with van der Waals surface area (Å²) in [5, 5.41) is 4.01. The van der Waals surface area contributed by atoms with Gasteiger partial charge in [-0.3, -0.25) is 4.79 Å². The predicted octanol–water partition coefficient (Wildman–Crippen LogP) is 3.08. The maximum Gasteiger partial charge on any atom is 0.223 e. The maximum atomic E-state index is 12.0. The largest absolute Gasteiger partial charge is 0.341 e. The summed E-state index contributed by atoms with van der Waals surface area (Å²) in [4.78, 5) is 13.7. The SMILES string of the molecule is CN(Cc1cccc(Cl)c1)C(=O)CCNC(C)(C)C. The minimum absolute atomic E-state index is 0.0474. The predicted molar refractivity (Wildman–Crippen MR) is 80.3 cm³/mol. The second-order valence-electron chi connectivity index (χ2n) is 5.81. The molecule has 1 aromatic carbocycles. The number of hydrogen-bond acceptors (Lipinski definition) is 2. The third kappa shape index (κ3) is 6.60. The molecule has 0 radical (unpaired) electrons. The summed E-state index contributed by atoms with van der Waals surface area (Å²) in [6, 6.07) is 7.60. The first kappa shape index (κ1) is 16.0. The third-order valence-corrected chi connectivity index (χ3v) is 2.96. The van der Waals surface area contributed by atoms with Gasteiger partial charge < -0.3 is 10.2 Å². The van der Waals surface area contributed by atoms with Gasteiger partial charge in [0.15, 0.2) is 0 Å². The highest BCUT2D eigenvalue weighted by molar-refractivity contribution is 6.30. The molecule has 1 rings (SSSR count). The van der Waals surface area contributed by atoms with E-state index in [1.165, 1.54) is 0 Å². The van der Waals surface area contributed by atoms with Gasteiger partial charge in [0, 0.05) is 37.1 Å². The normalized spacial score (nSPS) is 11.4. The van der Waals surface area contributed by atoms with Crippen molar-refractivity contribution in [3.05, 3.63) is 34.9 Å². The lowest BCUT2D eigenvalue weighted by atomic mass is 10.1. The topological polar surface area (TPSA) is 32.3 Å². The second-order valence-corrected chi connectivity index (χ2v) is 6.24. The van der Waals surface area contributed by atoms with Crippen molar-refractivity contribution in [2.75, 3.05) is 13.6 Å². The molecule has 0 heterocycles. The molecule has 0 aliphatic heterocycles. The molecule has 1 aromatic rings. The van der Waals surface area contributed by atoms with Crippen LogP contribution >= 0.6 is 11.6 Å². The van der Waals surface area contributed by atoms with Gasteiger partial charge in [-0.2, -0.15) is 0 Å². The van der Waals surface area contributed by atoms with Crippen LogP contribution in [0.1, 0.15) is 32.8 Å². The summed E-state index contributed by atoms with van der Waals surface area (Å²) in [6.45, 7) is 7.56. The van der Waals surface area contributed by atoms with Crippen molar-refractivity contribution in [2.45, 2.75) is 39.3 Å². The minimum atomic E-state index is 0.0474. The van der Waals surface area contributed by atoms with Crippen molar-refractivity contribution in [1.82, 2.24) is 10.2 Å². The fourth-order valence-electron chi connectivity index (χ4n) is 1.73. The van der Waals surface area contributed by atoms with E-state index in [0.717, 1.165) is 5.56 Å². The van der Waals surface area contributed by atoms with Crippen LogP contribution in [0.2, 0.25) is 5.02 Å². The van der Waals surface area contributed by atoms with Crippen molar-refractivity contribution in [3.63, 3.8) is 0 Å². The Morgan fingerprint density at radius 2 is 2.05 bits per heavy atom. The van der Waals surface area contributed by atoms with Crippen LogP contribution < -0.4 is 5.32 Å². The maximum absolute atomic E-state index is 12.0. The van der Waals surface area contributed by atoms with E-state index < -0.39 is 0 Å². The smallest absolute Gasteiger partial charge is 0.223 e. The lowest BCUT2D eigenvalue weighted by Crippen LogP contribution is -2.38. The molecule has 0 aliphatic rings. The highest BCUT2D eigenvalue weighted by Crippen LogP contribution is 2.12. The number of nitrogens with one attached hydrogen (secondary N) is 1. The highest BCUT2D eigenvalue weighted by Gasteiger charge is 2.12. The van der Waals surface area contributed by atoms with Crippen molar-refractivity contribution in [2.24, 2.45) is 0 Å². The van der Waals surface area contributed by atoms with Gasteiger partial charge in [-0.05, 0) is 38.5 Å². The fraction of sp³-hybridized carbons (Fsp3) is 0.533. The molecule has 0 atom stereocenters. The zero-order valence-electron chi connectivity index (χ0n) is 12.2. The summed E-state index contributed by atoms with van der Waals surface area (Å²) in [7, 11) is 1.82. The second kappa shape index (κ2) is 6.92. The number of carbonyl (C=O) groups is 1. The van der Waals surface area contributed by atoms with Gasteiger partial charge in [-0.25, -0.2) is 0 Å². The van der Waals surface area contributed by atoms with E-state index >= 15 is 0 Å². The molecule has 0 bridgehead atoms. The fourth-order valence-corrected chi connectivity index (χ4v) is 1.95. The van der Waals surface area contributed by atoms with Gasteiger partial charge in [-0.15, -0.1) is 0 Å². The Morgan fingerprint density at radius 1 is 1.37 bits per heavy atom. The Bertz CT molecular complexity index is 426. The first-order valence-electron chi connectivity index (χ1n) is 6.51. The van der Waals surface area contributed by atoms with E-state index in [9.17, 15) is 4.79 Å². The monoisotopic (exact) mass is 282 g/mol. The summed E-state index contributed by atoms with van der Waals surface area (Å²) in [5.41, 5.74) is 1.10. The molecule has 0 aromatic heterocycles. The molecular weight excluding hydrogens is 260 g/mol. The van der Waals surface area contributed by atoms with Gasteiger partial charge in [-0.1, -0.05) is 23.7 Å². The molecule has 0 fully saturated rings. The Hall–Kier alpha value is -1.06. The molecule has 0 unspecified atom stereocenters. The Morgan fingerprint density at radius 3 is 2.63 bits per heavy atom. The number of nitrogens with zero attached hydrogens (tertiary/aromatic N) is 1. The van der Waals surface area contributed by atoms with Crippen molar-refractivity contribution in [1.29, 1.82) is 0 Å². The number of hydrogen-bond donors (Lipinski definition) is 1. The number of amides is 1. The lowest BCUT2D eigenvalue weighted by molar-refractivity contribution is -0.130. The average molecular weight is 283 g/mol. The van der Waals surface area contributed by atoms with Gasteiger partial charge in [0.05, 0.1) is 0 Å². The van der Waals surface area contributed by atoms with Crippen molar-refractivity contribution in [3.8, 4) is 0 Å². The van der Waals surface area contributed by atoms with Crippen LogP contribution in [0.3, 0.4) is 0 Å². The van der Waals surface area contributed by atoms with Gasteiger partial charge in [0.2, 0.25) is 5.91 Å².